The minimum absolute atomic E-state index is 0.0186. The SMILES string of the molecule is Cc1n[nH]c(C)c1CCNC(=O)C12CC3CC(CC(C3)C1)C2. The number of aromatic nitrogens is 2. The van der Waals surface area contributed by atoms with Crippen LogP contribution < -0.4 is 5.32 Å². The number of carbonyl (C=O) groups is 1. The summed E-state index contributed by atoms with van der Waals surface area (Å²) in [7, 11) is 0. The number of nitrogens with zero attached hydrogens (tertiary/aromatic N) is 1. The van der Waals surface area contributed by atoms with Gasteiger partial charge in [-0.3, -0.25) is 9.89 Å². The molecular formula is C18H27N3O. The van der Waals surface area contributed by atoms with Gasteiger partial charge in [0.2, 0.25) is 5.91 Å². The number of nitrogens with one attached hydrogen (secondary N) is 2. The fraction of sp³-hybridized carbons (Fsp3) is 0.778. The average Bonchev–Trinajstić information content (AvgIpc) is 2.77. The minimum atomic E-state index is -0.0186. The molecule has 1 aromatic heterocycles. The van der Waals surface area contributed by atoms with Crippen LogP contribution in [0.3, 0.4) is 0 Å². The number of H-pyrrole nitrogens is 1. The van der Waals surface area contributed by atoms with Crippen LogP contribution in [0.4, 0.5) is 0 Å². The Morgan fingerprint density at radius 1 is 1.18 bits per heavy atom. The zero-order chi connectivity index (χ0) is 15.3. The number of hydrogen-bond acceptors (Lipinski definition) is 2. The highest BCUT2D eigenvalue weighted by atomic mass is 16.2. The molecule has 4 aliphatic carbocycles. The third-order valence-electron chi connectivity index (χ3n) is 6.46. The summed E-state index contributed by atoms with van der Waals surface area (Å²) in [6, 6.07) is 0. The molecule has 4 nitrogen and oxygen atoms in total. The summed E-state index contributed by atoms with van der Waals surface area (Å²) in [4.78, 5) is 12.9. The molecular weight excluding hydrogens is 274 g/mol. The maximum Gasteiger partial charge on any atom is 0.226 e. The van der Waals surface area contributed by atoms with Gasteiger partial charge in [-0.1, -0.05) is 0 Å². The Morgan fingerprint density at radius 2 is 1.77 bits per heavy atom. The molecule has 0 spiro atoms. The van der Waals surface area contributed by atoms with Gasteiger partial charge in [0.25, 0.3) is 0 Å². The molecule has 1 heterocycles. The normalized spacial score (nSPS) is 35.8. The standard InChI is InChI=1S/C18H27N3O/c1-11-16(12(2)21-20-11)3-4-19-17(22)18-8-13-5-14(9-18)7-15(6-13)10-18/h13-15H,3-10H2,1-2H3,(H,19,22)(H,20,21). The topological polar surface area (TPSA) is 57.8 Å². The predicted octanol–water partition coefficient (Wildman–Crippen LogP) is 2.90. The Balaban J connectivity index is 1.38. The largest absolute Gasteiger partial charge is 0.355 e. The minimum Gasteiger partial charge on any atom is -0.355 e. The highest BCUT2D eigenvalue weighted by Crippen LogP contribution is 2.60. The first-order valence-corrected chi connectivity index (χ1v) is 8.84. The molecule has 4 bridgehead atoms. The van der Waals surface area contributed by atoms with Crippen LogP contribution in [0, 0.1) is 37.0 Å². The first-order valence-electron chi connectivity index (χ1n) is 8.84. The summed E-state index contributed by atoms with van der Waals surface area (Å²) in [6.07, 6.45) is 8.49. The van der Waals surface area contributed by atoms with E-state index in [0.29, 0.717) is 5.91 Å². The van der Waals surface area contributed by atoms with E-state index in [4.69, 9.17) is 0 Å². The van der Waals surface area contributed by atoms with E-state index in [9.17, 15) is 4.79 Å². The van der Waals surface area contributed by atoms with Crippen molar-refractivity contribution < 1.29 is 4.79 Å². The van der Waals surface area contributed by atoms with Crippen molar-refractivity contribution in [3.63, 3.8) is 0 Å². The van der Waals surface area contributed by atoms with Crippen molar-refractivity contribution in [1.29, 1.82) is 0 Å². The van der Waals surface area contributed by atoms with Gasteiger partial charge in [-0.05, 0) is 82.1 Å². The van der Waals surface area contributed by atoms with Gasteiger partial charge in [-0.25, -0.2) is 0 Å². The zero-order valence-corrected chi connectivity index (χ0v) is 13.7. The van der Waals surface area contributed by atoms with Crippen LogP contribution in [0.2, 0.25) is 0 Å². The summed E-state index contributed by atoms with van der Waals surface area (Å²) in [6.45, 7) is 4.82. The number of carbonyl (C=O) groups excluding carboxylic acids is 1. The molecule has 4 heteroatoms. The van der Waals surface area contributed by atoms with E-state index in [0.717, 1.165) is 61.4 Å². The summed E-state index contributed by atoms with van der Waals surface area (Å²) in [5.41, 5.74) is 3.42. The second-order valence-electron chi connectivity index (χ2n) is 8.12. The molecule has 0 radical (unpaired) electrons. The van der Waals surface area contributed by atoms with Gasteiger partial charge in [0.15, 0.2) is 0 Å². The third kappa shape index (κ3) is 2.27. The van der Waals surface area contributed by atoms with Crippen molar-refractivity contribution in [2.45, 2.75) is 58.8 Å². The number of hydrogen-bond donors (Lipinski definition) is 2. The van der Waals surface area contributed by atoms with Crippen LogP contribution in [0.5, 0.6) is 0 Å². The second kappa shape index (κ2) is 5.10. The summed E-state index contributed by atoms with van der Waals surface area (Å²) >= 11 is 0. The molecule has 0 saturated heterocycles. The first kappa shape index (κ1) is 14.3. The van der Waals surface area contributed by atoms with Gasteiger partial charge < -0.3 is 5.32 Å². The molecule has 22 heavy (non-hydrogen) atoms. The van der Waals surface area contributed by atoms with Gasteiger partial charge >= 0.3 is 0 Å². The van der Waals surface area contributed by atoms with E-state index < -0.39 is 0 Å². The molecule has 0 aromatic carbocycles. The highest BCUT2D eigenvalue weighted by Gasteiger charge is 2.54. The Labute approximate surface area is 132 Å². The number of rotatable bonds is 4. The lowest BCUT2D eigenvalue weighted by atomic mass is 9.49. The van der Waals surface area contributed by atoms with E-state index in [2.05, 4.69) is 22.4 Å². The number of aromatic amines is 1. The average molecular weight is 301 g/mol. The maximum atomic E-state index is 12.9. The van der Waals surface area contributed by atoms with Crippen LogP contribution in [-0.2, 0) is 11.2 Å². The van der Waals surface area contributed by atoms with Gasteiger partial charge in [-0.2, -0.15) is 5.10 Å². The Hall–Kier alpha value is -1.32. The van der Waals surface area contributed by atoms with Gasteiger partial charge in [0.1, 0.15) is 0 Å². The van der Waals surface area contributed by atoms with Crippen molar-refractivity contribution in [2.75, 3.05) is 6.54 Å². The van der Waals surface area contributed by atoms with E-state index >= 15 is 0 Å². The van der Waals surface area contributed by atoms with Gasteiger partial charge in [0, 0.05) is 17.7 Å². The molecule has 0 atom stereocenters. The molecule has 0 unspecified atom stereocenters. The lowest BCUT2D eigenvalue weighted by molar-refractivity contribution is -0.146. The van der Waals surface area contributed by atoms with Crippen LogP contribution >= 0.6 is 0 Å². The Morgan fingerprint density at radius 3 is 2.27 bits per heavy atom. The van der Waals surface area contributed by atoms with Crippen molar-refractivity contribution in [3.8, 4) is 0 Å². The zero-order valence-electron chi connectivity index (χ0n) is 13.7. The second-order valence-corrected chi connectivity index (χ2v) is 8.12. The van der Waals surface area contributed by atoms with Crippen molar-refractivity contribution in [1.82, 2.24) is 15.5 Å². The number of aryl methyl sites for hydroxylation is 2. The summed E-state index contributed by atoms with van der Waals surface area (Å²) in [5, 5.41) is 10.5. The Bertz CT molecular complexity index is 534. The van der Waals surface area contributed by atoms with Crippen LogP contribution in [0.1, 0.15) is 55.5 Å². The molecule has 2 N–H and O–H groups in total. The fourth-order valence-corrected chi connectivity index (χ4v) is 5.82. The quantitative estimate of drug-likeness (QED) is 0.898. The lowest BCUT2D eigenvalue weighted by Crippen LogP contribution is -2.53. The van der Waals surface area contributed by atoms with E-state index in [-0.39, 0.29) is 5.41 Å². The maximum absolute atomic E-state index is 12.9. The van der Waals surface area contributed by atoms with E-state index in [1.807, 2.05) is 6.92 Å². The molecule has 1 aromatic rings. The number of amides is 1. The first-order chi connectivity index (χ1) is 10.6. The molecule has 120 valence electrons. The monoisotopic (exact) mass is 301 g/mol. The van der Waals surface area contributed by atoms with Crippen molar-refractivity contribution in [3.05, 3.63) is 17.0 Å². The Kier molecular flexibility index (Phi) is 3.31. The molecule has 4 saturated carbocycles. The molecule has 5 rings (SSSR count). The lowest BCUT2D eigenvalue weighted by Gasteiger charge is -2.55. The molecule has 4 fully saturated rings. The smallest absolute Gasteiger partial charge is 0.226 e. The third-order valence-corrected chi connectivity index (χ3v) is 6.46. The highest BCUT2D eigenvalue weighted by molar-refractivity contribution is 5.83. The van der Waals surface area contributed by atoms with Crippen LogP contribution in [0.15, 0.2) is 0 Å². The van der Waals surface area contributed by atoms with Gasteiger partial charge in [-0.15, -0.1) is 0 Å². The molecule has 0 aliphatic heterocycles. The van der Waals surface area contributed by atoms with Crippen molar-refractivity contribution in [2.24, 2.45) is 23.2 Å². The summed E-state index contributed by atoms with van der Waals surface area (Å²) in [5.74, 6) is 2.83. The molecule has 4 aliphatic rings. The van der Waals surface area contributed by atoms with Crippen molar-refractivity contribution >= 4 is 5.91 Å². The molecule has 1 amide bonds. The van der Waals surface area contributed by atoms with E-state index in [1.165, 1.54) is 24.8 Å². The predicted molar refractivity (Wildman–Crippen MR) is 85.4 cm³/mol. The fourth-order valence-electron chi connectivity index (χ4n) is 5.82. The van der Waals surface area contributed by atoms with E-state index in [1.54, 1.807) is 0 Å². The van der Waals surface area contributed by atoms with Crippen LogP contribution in [0.25, 0.3) is 0 Å². The van der Waals surface area contributed by atoms with Gasteiger partial charge in [0.05, 0.1) is 5.69 Å². The van der Waals surface area contributed by atoms with Crippen LogP contribution in [-0.4, -0.2) is 22.6 Å². The summed E-state index contributed by atoms with van der Waals surface area (Å²) < 4.78 is 0.